The smallest absolute Gasteiger partial charge is 0.178 e. The SMILES string of the molecule is CC(C)c1ccc(C2(c3ccc(N(c4ccc(C#N)cc4)c4cccc(-c5ccccc5)c4)c4c3sc3ccccc34)c3ccccc3-c3c2ccc2c3Oc3ccccc3O2)cc1. The van der Waals surface area contributed by atoms with Crippen molar-refractivity contribution in [3.05, 3.63) is 234 Å². The predicted molar refractivity (Wildman–Crippen MR) is 262 cm³/mol. The Morgan fingerprint density at radius 1 is 0.562 bits per heavy atom. The van der Waals surface area contributed by atoms with E-state index < -0.39 is 5.41 Å². The first-order chi connectivity index (χ1) is 31.5. The molecule has 0 N–H and O–H groups in total. The molecule has 2 aliphatic rings. The summed E-state index contributed by atoms with van der Waals surface area (Å²) in [7, 11) is 0. The van der Waals surface area contributed by atoms with E-state index in [-0.39, 0.29) is 0 Å². The lowest BCUT2D eigenvalue weighted by Gasteiger charge is -2.36. The summed E-state index contributed by atoms with van der Waals surface area (Å²) in [5.41, 5.74) is 13.4. The summed E-state index contributed by atoms with van der Waals surface area (Å²) in [5.74, 6) is 3.23. The third-order valence-corrected chi connectivity index (χ3v) is 14.2. The summed E-state index contributed by atoms with van der Waals surface area (Å²) in [6.45, 7) is 4.50. The largest absolute Gasteiger partial charge is 0.449 e. The second-order valence-corrected chi connectivity index (χ2v) is 17.9. The van der Waals surface area contributed by atoms with Gasteiger partial charge in [0.05, 0.1) is 22.7 Å². The van der Waals surface area contributed by atoms with Gasteiger partial charge in [0, 0.05) is 37.1 Å². The number of nitrogens with zero attached hydrogens (tertiary/aromatic N) is 2. The molecule has 64 heavy (non-hydrogen) atoms. The van der Waals surface area contributed by atoms with Crippen LogP contribution in [0.15, 0.2) is 200 Å². The molecule has 1 aromatic heterocycles. The molecule has 1 aliphatic heterocycles. The van der Waals surface area contributed by atoms with Crippen LogP contribution in [0.25, 0.3) is 42.4 Å². The molecular weight excluding hydrogens is 801 g/mol. The number of para-hydroxylation sites is 2. The Morgan fingerprint density at radius 2 is 1.27 bits per heavy atom. The van der Waals surface area contributed by atoms with Crippen molar-refractivity contribution in [1.29, 1.82) is 5.26 Å². The fraction of sp³-hybridized carbons (Fsp3) is 0.0678. The average molecular weight is 841 g/mol. The first-order valence-electron chi connectivity index (χ1n) is 21.7. The van der Waals surface area contributed by atoms with E-state index in [4.69, 9.17) is 9.47 Å². The summed E-state index contributed by atoms with van der Waals surface area (Å²) < 4.78 is 15.9. The molecule has 0 amide bonds. The molecule has 10 aromatic rings. The lowest BCUT2D eigenvalue weighted by molar-refractivity contribution is 0.360. The number of hydrogen-bond donors (Lipinski definition) is 0. The van der Waals surface area contributed by atoms with Crippen molar-refractivity contribution in [3.63, 3.8) is 0 Å². The standard InChI is InChI=1S/C59H40N2O2S/c1-37(2)39-25-27-42(28-26-39)59(47-19-8-6-17-45(47)55-48(59)32-34-53-57(55)63-52-21-10-9-20-51(52)62-53)49-31-33-50(56-46-18-7-11-22-54(46)64-58(49)56)61(43-29-23-38(36-60)24-30-43)44-16-12-15-41(35-44)40-13-4-3-5-14-40/h3-35,37H,1-2H3. The molecule has 0 spiro atoms. The van der Waals surface area contributed by atoms with E-state index in [9.17, 15) is 5.26 Å². The Labute approximate surface area is 376 Å². The maximum Gasteiger partial charge on any atom is 0.178 e. The van der Waals surface area contributed by atoms with Crippen LogP contribution in [0.5, 0.6) is 23.0 Å². The molecule has 0 saturated carbocycles. The quantitative estimate of drug-likeness (QED) is 0.160. The van der Waals surface area contributed by atoms with Crippen molar-refractivity contribution in [3.8, 4) is 51.3 Å². The highest BCUT2D eigenvalue weighted by atomic mass is 32.1. The third kappa shape index (κ3) is 5.73. The van der Waals surface area contributed by atoms with Gasteiger partial charge >= 0.3 is 0 Å². The van der Waals surface area contributed by atoms with E-state index >= 15 is 0 Å². The molecule has 9 aromatic carbocycles. The van der Waals surface area contributed by atoms with Gasteiger partial charge in [-0.1, -0.05) is 147 Å². The van der Waals surface area contributed by atoms with Crippen LogP contribution in [0, 0.1) is 11.3 Å². The van der Waals surface area contributed by atoms with Crippen molar-refractivity contribution in [2.45, 2.75) is 25.2 Å². The first-order valence-corrected chi connectivity index (χ1v) is 22.6. The second kappa shape index (κ2) is 14.9. The minimum Gasteiger partial charge on any atom is -0.449 e. The fourth-order valence-corrected chi connectivity index (χ4v) is 11.4. The van der Waals surface area contributed by atoms with Gasteiger partial charge in [0.1, 0.15) is 0 Å². The van der Waals surface area contributed by atoms with E-state index in [0.29, 0.717) is 28.7 Å². The van der Waals surface area contributed by atoms with Crippen LogP contribution < -0.4 is 14.4 Å². The summed E-state index contributed by atoms with van der Waals surface area (Å²) >= 11 is 1.85. The number of thiophene rings is 1. The number of benzene rings is 9. The number of anilines is 3. The zero-order chi connectivity index (χ0) is 42.9. The number of fused-ring (bicyclic) bond motifs is 9. The Bertz CT molecular complexity index is 3490. The van der Waals surface area contributed by atoms with E-state index in [1.807, 2.05) is 47.7 Å². The Morgan fingerprint density at radius 3 is 2.06 bits per heavy atom. The molecule has 1 atom stereocenters. The predicted octanol–water partition coefficient (Wildman–Crippen LogP) is 16.4. The normalized spacial score (nSPS) is 14.5. The van der Waals surface area contributed by atoms with Crippen LogP contribution >= 0.6 is 11.3 Å². The highest BCUT2D eigenvalue weighted by Crippen LogP contribution is 2.64. The van der Waals surface area contributed by atoms with Crippen molar-refractivity contribution < 1.29 is 9.47 Å². The molecule has 0 radical (unpaired) electrons. The van der Waals surface area contributed by atoms with Gasteiger partial charge in [-0.2, -0.15) is 5.26 Å². The van der Waals surface area contributed by atoms with Crippen LogP contribution in [0.1, 0.15) is 53.1 Å². The van der Waals surface area contributed by atoms with Crippen molar-refractivity contribution in [2.24, 2.45) is 0 Å². The topological polar surface area (TPSA) is 45.5 Å². The minimum atomic E-state index is -0.735. The van der Waals surface area contributed by atoms with Gasteiger partial charge in [-0.3, -0.25) is 0 Å². The number of nitriles is 1. The zero-order valence-corrected chi connectivity index (χ0v) is 36.1. The minimum absolute atomic E-state index is 0.382. The maximum absolute atomic E-state index is 9.86. The van der Waals surface area contributed by atoms with Gasteiger partial charge in [0.25, 0.3) is 0 Å². The monoisotopic (exact) mass is 840 g/mol. The molecule has 5 heteroatoms. The van der Waals surface area contributed by atoms with Crippen LogP contribution in [-0.4, -0.2) is 0 Å². The Hall–Kier alpha value is -7.91. The van der Waals surface area contributed by atoms with E-state index in [1.54, 1.807) is 0 Å². The summed E-state index contributed by atoms with van der Waals surface area (Å²) in [5, 5.41) is 12.2. The molecule has 12 rings (SSSR count). The van der Waals surface area contributed by atoms with Crippen LogP contribution in [0.2, 0.25) is 0 Å². The van der Waals surface area contributed by atoms with Gasteiger partial charge in [-0.15, -0.1) is 11.3 Å². The molecule has 1 aliphatic carbocycles. The number of ether oxygens (including phenoxy) is 2. The van der Waals surface area contributed by atoms with Crippen molar-refractivity contribution in [1.82, 2.24) is 0 Å². The molecule has 0 bridgehead atoms. The molecule has 304 valence electrons. The number of rotatable bonds is 7. The van der Waals surface area contributed by atoms with Crippen LogP contribution in [0.3, 0.4) is 0 Å². The summed E-state index contributed by atoms with van der Waals surface area (Å²) in [6, 6.07) is 73.5. The van der Waals surface area contributed by atoms with E-state index in [1.165, 1.54) is 42.4 Å². The van der Waals surface area contributed by atoms with Gasteiger partial charge in [-0.25, -0.2) is 0 Å². The molecule has 4 nitrogen and oxygen atoms in total. The van der Waals surface area contributed by atoms with Crippen molar-refractivity contribution in [2.75, 3.05) is 4.90 Å². The first kappa shape index (κ1) is 37.8. The molecule has 0 saturated heterocycles. The maximum atomic E-state index is 9.86. The summed E-state index contributed by atoms with van der Waals surface area (Å²) in [4.78, 5) is 2.36. The highest BCUT2D eigenvalue weighted by Gasteiger charge is 2.49. The lowest BCUT2D eigenvalue weighted by Crippen LogP contribution is -2.29. The molecule has 1 unspecified atom stereocenters. The highest BCUT2D eigenvalue weighted by molar-refractivity contribution is 7.26. The van der Waals surface area contributed by atoms with Gasteiger partial charge in [0.15, 0.2) is 23.0 Å². The number of hydrogen-bond acceptors (Lipinski definition) is 5. The van der Waals surface area contributed by atoms with Crippen LogP contribution in [-0.2, 0) is 5.41 Å². The van der Waals surface area contributed by atoms with E-state index in [2.05, 4.69) is 189 Å². The lowest BCUT2D eigenvalue weighted by atomic mass is 9.67. The molecule has 0 fully saturated rings. The third-order valence-electron chi connectivity index (χ3n) is 13.0. The van der Waals surface area contributed by atoms with Crippen molar-refractivity contribution >= 4 is 48.6 Å². The molecular formula is C59H40N2O2S. The molecule has 2 heterocycles. The van der Waals surface area contributed by atoms with Crippen LogP contribution in [0.4, 0.5) is 17.1 Å². The summed E-state index contributed by atoms with van der Waals surface area (Å²) in [6.07, 6.45) is 0. The Kier molecular flexibility index (Phi) is 8.79. The zero-order valence-electron chi connectivity index (χ0n) is 35.2. The average Bonchev–Trinajstić information content (AvgIpc) is 3.89. The van der Waals surface area contributed by atoms with Gasteiger partial charge < -0.3 is 14.4 Å². The van der Waals surface area contributed by atoms with E-state index in [0.717, 1.165) is 50.6 Å². The fourth-order valence-electron chi connectivity index (χ4n) is 10.1. The second-order valence-electron chi connectivity index (χ2n) is 16.9. The van der Waals surface area contributed by atoms with Gasteiger partial charge in [0.2, 0.25) is 0 Å². The Balaban J connectivity index is 1.17. The van der Waals surface area contributed by atoms with Gasteiger partial charge in [-0.05, 0) is 117 Å².